The fraction of sp³-hybridized carbons (Fsp3) is 0.182. The summed E-state index contributed by atoms with van der Waals surface area (Å²) in [6.07, 6.45) is 0. The van der Waals surface area contributed by atoms with Gasteiger partial charge in [-0.25, -0.2) is 0 Å². The zero-order valence-corrected chi connectivity index (χ0v) is 19.5. The van der Waals surface area contributed by atoms with Crippen LogP contribution in [0.2, 0.25) is 19.6 Å². The molecule has 0 saturated heterocycles. The number of rotatable bonds is 3. The second kappa shape index (κ2) is 7.96. The maximum atomic E-state index is 3.53. The van der Waals surface area contributed by atoms with Gasteiger partial charge >= 0.3 is 165 Å². The molecular formula is C22H22Se2Si. The molecule has 0 nitrogen and oxygen atoms in total. The standard InChI is InChI=1S/C22H22Se2Si/c1-17-11-13-19(14-12-17)24-21-10-6-8-18-7-5-9-20(22(18)21)23-15-16-25(2,3)4/h5-14H,1-4H3. The van der Waals surface area contributed by atoms with Crippen molar-refractivity contribution >= 4 is 62.1 Å². The Labute approximate surface area is 164 Å². The first-order valence-electron chi connectivity index (χ1n) is 8.38. The average molecular weight is 472 g/mol. The summed E-state index contributed by atoms with van der Waals surface area (Å²) >= 11 is 0.546. The molecule has 0 saturated carbocycles. The molecule has 3 aromatic carbocycles. The van der Waals surface area contributed by atoms with E-state index in [1.165, 1.54) is 29.7 Å². The Bertz CT molecular complexity index is 936. The monoisotopic (exact) mass is 474 g/mol. The van der Waals surface area contributed by atoms with Crippen LogP contribution in [0.4, 0.5) is 0 Å². The van der Waals surface area contributed by atoms with Crippen LogP contribution < -0.4 is 13.4 Å². The normalized spacial score (nSPS) is 11.2. The fourth-order valence-electron chi connectivity index (χ4n) is 2.41. The first-order chi connectivity index (χ1) is 11.9. The number of benzene rings is 3. The van der Waals surface area contributed by atoms with Crippen LogP contribution in [0.3, 0.4) is 0 Å². The van der Waals surface area contributed by atoms with Crippen molar-refractivity contribution in [1.82, 2.24) is 0 Å². The Hall–Kier alpha value is -1.26. The molecule has 0 aromatic heterocycles. The maximum absolute atomic E-state index is 3.53. The van der Waals surface area contributed by atoms with Gasteiger partial charge in [0, 0.05) is 0 Å². The molecule has 0 spiro atoms. The Morgan fingerprint density at radius 2 is 1.44 bits per heavy atom. The van der Waals surface area contributed by atoms with Crippen LogP contribution in [0, 0.1) is 17.3 Å². The molecule has 3 heteroatoms. The zero-order valence-electron chi connectivity index (χ0n) is 15.1. The van der Waals surface area contributed by atoms with E-state index in [1.807, 2.05) is 0 Å². The van der Waals surface area contributed by atoms with Gasteiger partial charge in [-0.05, 0) is 0 Å². The van der Waals surface area contributed by atoms with Crippen molar-refractivity contribution < 1.29 is 0 Å². The van der Waals surface area contributed by atoms with Gasteiger partial charge < -0.3 is 0 Å². The third-order valence-corrected chi connectivity index (χ3v) is 8.79. The van der Waals surface area contributed by atoms with Gasteiger partial charge in [-0.1, -0.05) is 0 Å². The molecular weight excluding hydrogens is 450 g/mol. The van der Waals surface area contributed by atoms with Gasteiger partial charge in [0.2, 0.25) is 0 Å². The van der Waals surface area contributed by atoms with Gasteiger partial charge in [-0.3, -0.25) is 0 Å². The number of hydrogen-bond acceptors (Lipinski definition) is 0. The van der Waals surface area contributed by atoms with Gasteiger partial charge in [0.05, 0.1) is 0 Å². The van der Waals surface area contributed by atoms with Crippen LogP contribution >= 0.6 is 0 Å². The van der Waals surface area contributed by atoms with E-state index in [-0.39, 0.29) is 15.0 Å². The molecule has 0 atom stereocenters. The van der Waals surface area contributed by atoms with E-state index in [2.05, 4.69) is 97.6 Å². The van der Waals surface area contributed by atoms with E-state index in [9.17, 15) is 0 Å². The van der Waals surface area contributed by atoms with E-state index < -0.39 is 8.07 Å². The van der Waals surface area contributed by atoms with Gasteiger partial charge in [-0.2, -0.15) is 0 Å². The molecule has 0 unspecified atom stereocenters. The van der Waals surface area contributed by atoms with Crippen molar-refractivity contribution in [3.63, 3.8) is 0 Å². The number of fused-ring (bicyclic) bond motifs is 1. The van der Waals surface area contributed by atoms with Crippen LogP contribution in [-0.2, 0) is 0 Å². The molecule has 0 heterocycles. The van der Waals surface area contributed by atoms with Crippen LogP contribution in [-0.4, -0.2) is 38.0 Å². The molecule has 0 N–H and O–H groups in total. The summed E-state index contributed by atoms with van der Waals surface area (Å²) in [5.74, 6) is 0. The fourth-order valence-corrected chi connectivity index (χ4v) is 8.68. The van der Waals surface area contributed by atoms with Crippen molar-refractivity contribution in [2.24, 2.45) is 0 Å². The van der Waals surface area contributed by atoms with Crippen LogP contribution in [0.1, 0.15) is 5.56 Å². The SMILES string of the molecule is Cc1ccc([Se]c2cccc3cccc([Se]C#C[Si](C)(C)C)c23)cc1. The molecule has 0 bridgehead atoms. The van der Waals surface area contributed by atoms with E-state index in [0.29, 0.717) is 15.0 Å². The van der Waals surface area contributed by atoms with Gasteiger partial charge in [0.1, 0.15) is 0 Å². The predicted molar refractivity (Wildman–Crippen MR) is 117 cm³/mol. The molecule has 0 fully saturated rings. The van der Waals surface area contributed by atoms with Crippen molar-refractivity contribution in [2.45, 2.75) is 26.6 Å². The van der Waals surface area contributed by atoms with Crippen molar-refractivity contribution in [1.29, 1.82) is 0 Å². The summed E-state index contributed by atoms with van der Waals surface area (Å²) in [7, 11) is -1.30. The first kappa shape index (κ1) is 18.5. The molecule has 126 valence electrons. The summed E-state index contributed by atoms with van der Waals surface area (Å²) in [6, 6.07) is 22.4. The minimum absolute atomic E-state index is 0.221. The van der Waals surface area contributed by atoms with Crippen LogP contribution in [0.25, 0.3) is 10.8 Å². The predicted octanol–water partition coefficient (Wildman–Crippen LogP) is 2.97. The molecule has 0 aliphatic carbocycles. The second-order valence-electron chi connectivity index (χ2n) is 7.10. The van der Waals surface area contributed by atoms with Gasteiger partial charge in [-0.15, -0.1) is 0 Å². The van der Waals surface area contributed by atoms with Crippen molar-refractivity contribution in [3.05, 3.63) is 66.2 Å². The van der Waals surface area contributed by atoms with Gasteiger partial charge in [0.25, 0.3) is 0 Å². The van der Waals surface area contributed by atoms with Crippen molar-refractivity contribution in [3.8, 4) is 10.4 Å². The van der Waals surface area contributed by atoms with Crippen LogP contribution in [0.5, 0.6) is 0 Å². The summed E-state index contributed by atoms with van der Waals surface area (Å²) in [4.78, 5) is 3.51. The molecule has 3 aromatic rings. The Kier molecular flexibility index (Phi) is 5.90. The van der Waals surface area contributed by atoms with Crippen molar-refractivity contribution in [2.75, 3.05) is 0 Å². The summed E-state index contributed by atoms with van der Waals surface area (Å²) in [5, 5.41) is 2.79. The second-order valence-corrected chi connectivity index (χ2v) is 16.0. The van der Waals surface area contributed by atoms with E-state index in [4.69, 9.17) is 0 Å². The van der Waals surface area contributed by atoms with Crippen LogP contribution in [0.15, 0.2) is 60.7 Å². The van der Waals surface area contributed by atoms with E-state index >= 15 is 0 Å². The summed E-state index contributed by atoms with van der Waals surface area (Å²) in [5.41, 5.74) is 4.85. The Balaban J connectivity index is 2.00. The third-order valence-electron chi connectivity index (χ3n) is 3.66. The molecule has 0 radical (unpaired) electrons. The number of aryl methyl sites for hydroxylation is 1. The minimum atomic E-state index is -1.30. The summed E-state index contributed by atoms with van der Waals surface area (Å²) in [6.45, 7) is 9.08. The number of hydrogen-bond donors (Lipinski definition) is 0. The average Bonchev–Trinajstić information content (AvgIpc) is 2.56. The summed E-state index contributed by atoms with van der Waals surface area (Å²) < 4.78 is 4.34. The molecule has 3 rings (SSSR count). The van der Waals surface area contributed by atoms with Gasteiger partial charge in [0.15, 0.2) is 0 Å². The molecule has 25 heavy (non-hydrogen) atoms. The quantitative estimate of drug-likeness (QED) is 0.406. The van der Waals surface area contributed by atoms with E-state index in [1.54, 1.807) is 0 Å². The molecule has 0 aliphatic rings. The topological polar surface area (TPSA) is 0 Å². The molecule has 0 amide bonds. The van der Waals surface area contributed by atoms with E-state index in [0.717, 1.165) is 0 Å². The zero-order chi connectivity index (χ0) is 17.9. The Morgan fingerprint density at radius 3 is 2.08 bits per heavy atom. The first-order valence-corrected chi connectivity index (χ1v) is 15.3. The Morgan fingerprint density at radius 1 is 0.800 bits per heavy atom. The molecule has 0 aliphatic heterocycles. The third kappa shape index (κ3) is 5.11.